The zero-order valence-corrected chi connectivity index (χ0v) is 7.98. The van der Waals surface area contributed by atoms with Crippen molar-refractivity contribution < 1.29 is 19.4 Å². The lowest BCUT2D eigenvalue weighted by atomic mass is 9.93. The van der Waals surface area contributed by atoms with E-state index in [-0.39, 0.29) is 12.2 Å². The number of nitrogens with two attached hydrogens (primary N) is 1. The number of carbonyl (C=O) groups is 1. The van der Waals surface area contributed by atoms with E-state index < -0.39 is 18.2 Å². The number of carboxylic acid groups (broad SMARTS) is 1. The van der Waals surface area contributed by atoms with Crippen LogP contribution in [0, 0.1) is 0 Å². The molecule has 15 heavy (non-hydrogen) atoms. The molecule has 82 valence electrons. The SMILES string of the molecule is N[C@@](CF)(Cc1cccc(O)c1)C(=O)O. The average Bonchev–Trinajstić information content (AvgIpc) is 2.17. The van der Waals surface area contributed by atoms with Gasteiger partial charge in [-0.05, 0) is 17.7 Å². The van der Waals surface area contributed by atoms with Crippen molar-refractivity contribution >= 4 is 5.97 Å². The Bertz CT molecular complexity index is 369. The number of phenolic OH excluding ortho intramolecular Hbond substituents is 1. The second-order valence-corrected chi connectivity index (χ2v) is 3.44. The summed E-state index contributed by atoms with van der Waals surface area (Å²) in [5.74, 6) is -1.40. The minimum Gasteiger partial charge on any atom is -0.508 e. The summed E-state index contributed by atoms with van der Waals surface area (Å²) < 4.78 is 12.5. The quantitative estimate of drug-likeness (QED) is 0.687. The van der Waals surface area contributed by atoms with Gasteiger partial charge in [0.1, 0.15) is 18.0 Å². The molecule has 0 unspecified atom stereocenters. The van der Waals surface area contributed by atoms with Crippen LogP contribution in [-0.4, -0.2) is 28.4 Å². The molecular formula is C10H12FNO3. The van der Waals surface area contributed by atoms with Crippen LogP contribution < -0.4 is 5.73 Å². The fourth-order valence-electron chi connectivity index (χ4n) is 1.21. The highest BCUT2D eigenvalue weighted by Crippen LogP contribution is 2.16. The summed E-state index contributed by atoms with van der Waals surface area (Å²) in [6.07, 6.45) is -0.159. The summed E-state index contributed by atoms with van der Waals surface area (Å²) >= 11 is 0. The van der Waals surface area contributed by atoms with E-state index in [0.29, 0.717) is 5.56 Å². The Labute approximate surface area is 86.1 Å². The summed E-state index contributed by atoms with van der Waals surface area (Å²) in [4.78, 5) is 10.7. The fourth-order valence-corrected chi connectivity index (χ4v) is 1.21. The number of aromatic hydroxyl groups is 1. The third-order valence-corrected chi connectivity index (χ3v) is 2.09. The molecule has 1 rings (SSSR count). The Kier molecular flexibility index (Phi) is 3.26. The number of alkyl halides is 1. The lowest BCUT2D eigenvalue weighted by molar-refractivity contribution is -0.143. The van der Waals surface area contributed by atoms with Crippen molar-refractivity contribution in [1.29, 1.82) is 0 Å². The smallest absolute Gasteiger partial charge is 0.326 e. The van der Waals surface area contributed by atoms with E-state index in [1.807, 2.05) is 0 Å². The number of hydrogen-bond donors (Lipinski definition) is 3. The summed E-state index contributed by atoms with van der Waals surface area (Å²) in [6.45, 7) is -1.15. The number of benzene rings is 1. The molecule has 1 aromatic carbocycles. The van der Waals surface area contributed by atoms with Gasteiger partial charge >= 0.3 is 5.97 Å². The van der Waals surface area contributed by atoms with Gasteiger partial charge in [0.25, 0.3) is 0 Å². The zero-order valence-electron chi connectivity index (χ0n) is 7.98. The van der Waals surface area contributed by atoms with E-state index in [1.54, 1.807) is 12.1 Å². The van der Waals surface area contributed by atoms with Crippen LogP contribution in [0.15, 0.2) is 24.3 Å². The van der Waals surface area contributed by atoms with E-state index >= 15 is 0 Å². The first kappa shape index (κ1) is 11.5. The zero-order chi connectivity index (χ0) is 11.5. The van der Waals surface area contributed by atoms with Crippen molar-refractivity contribution in [1.82, 2.24) is 0 Å². The third kappa shape index (κ3) is 2.66. The number of carboxylic acids is 1. The van der Waals surface area contributed by atoms with Gasteiger partial charge in [-0.15, -0.1) is 0 Å². The second kappa shape index (κ2) is 4.27. The van der Waals surface area contributed by atoms with Crippen LogP contribution in [0.4, 0.5) is 4.39 Å². The Hall–Kier alpha value is -1.62. The van der Waals surface area contributed by atoms with Crippen molar-refractivity contribution in [3.63, 3.8) is 0 Å². The highest BCUT2D eigenvalue weighted by Gasteiger charge is 2.34. The molecule has 5 heteroatoms. The van der Waals surface area contributed by atoms with E-state index in [0.717, 1.165) is 0 Å². The first-order valence-electron chi connectivity index (χ1n) is 4.34. The number of phenols is 1. The van der Waals surface area contributed by atoms with Gasteiger partial charge in [-0.25, -0.2) is 4.39 Å². The van der Waals surface area contributed by atoms with Gasteiger partial charge in [0.2, 0.25) is 0 Å². The Morgan fingerprint density at radius 1 is 1.53 bits per heavy atom. The molecule has 0 aliphatic carbocycles. The highest BCUT2D eigenvalue weighted by molar-refractivity contribution is 5.79. The topological polar surface area (TPSA) is 83.5 Å². The summed E-state index contributed by atoms with van der Waals surface area (Å²) in [5.41, 5.74) is 3.93. The maximum atomic E-state index is 12.5. The van der Waals surface area contributed by atoms with E-state index in [9.17, 15) is 9.18 Å². The lowest BCUT2D eigenvalue weighted by Crippen LogP contribution is -2.52. The highest BCUT2D eigenvalue weighted by atomic mass is 19.1. The van der Waals surface area contributed by atoms with Crippen LogP contribution in [0.2, 0.25) is 0 Å². The van der Waals surface area contributed by atoms with Crippen molar-refractivity contribution in [2.45, 2.75) is 12.0 Å². The largest absolute Gasteiger partial charge is 0.508 e. The van der Waals surface area contributed by atoms with Crippen LogP contribution in [0.5, 0.6) is 5.75 Å². The molecule has 4 nitrogen and oxygen atoms in total. The average molecular weight is 213 g/mol. The molecule has 1 aromatic rings. The van der Waals surface area contributed by atoms with Crippen LogP contribution in [0.25, 0.3) is 0 Å². The van der Waals surface area contributed by atoms with Gasteiger partial charge in [0, 0.05) is 6.42 Å². The Balaban J connectivity index is 2.89. The third-order valence-electron chi connectivity index (χ3n) is 2.09. The minimum absolute atomic E-state index is 0.000836. The summed E-state index contributed by atoms with van der Waals surface area (Å²) in [5, 5.41) is 17.9. The molecule has 0 fully saturated rings. The molecule has 0 aliphatic rings. The Morgan fingerprint density at radius 2 is 2.20 bits per heavy atom. The van der Waals surface area contributed by atoms with Crippen LogP contribution in [0.1, 0.15) is 5.56 Å². The minimum atomic E-state index is -1.92. The van der Waals surface area contributed by atoms with Crippen LogP contribution in [-0.2, 0) is 11.2 Å². The van der Waals surface area contributed by atoms with E-state index in [4.69, 9.17) is 15.9 Å². The molecule has 0 heterocycles. The fraction of sp³-hybridized carbons (Fsp3) is 0.300. The predicted molar refractivity (Wildman–Crippen MR) is 52.3 cm³/mol. The molecule has 0 radical (unpaired) electrons. The first-order chi connectivity index (χ1) is 6.98. The number of rotatable bonds is 4. The van der Waals surface area contributed by atoms with Gasteiger partial charge in [-0.2, -0.15) is 0 Å². The first-order valence-corrected chi connectivity index (χ1v) is 4.34. The van der Waals surface area contributed by atoms with Gasteiger partial charge in [-0.1, -0.05) is 12.1 Å². The maximum absolute atomic E-state index is 12.5. The molecule has 0 saturated heterocycles. The normalized spacial score (nSPS) is 14.5. The van der Waals surface area contributed by atoms with Crippen molar-refractivity contribution in [3.05, 3.63) is 29.8 Å². The molecule has 0 aromatic heterocycles. The molecule has 1 atom stereocenters. The second-order valence-electron chi connectivity index (χ2n) is 3.44. The standard InChI is InChI=1S/C10H12FNO3/c11-6-10(12,9(14)15)5-7-2-1-3-8(13)4-7/h1-4,13H,5-6,12H2,(H,14,15)/t10-/m1/s1. The lowest BCUT2D eigenvalue weighted by Gasteiger charge is -2.20. The van der Waals surface area contributed by atoms with Crippen molar-refractivity contribution in [3.8, 4) is 5.75 Å². The van der Waals surface area contributed by atoms with E-state index in [1.165, 1.54) is 12.1 Å². The molecule has 0 amide bonds. The molecule has 0 saturated carbocycles. The molecular weight excluding hydrogens is 201 g/mol. The number of aliphatic carboxylic acids is 1. The number of hydrogen-bond acceptors (Lipinski definition) is 3. The predicted octanol–water partition coefficient (Wildman–Crippen LogP) is 0.686. The molecule has 0 aliphatic heterocycles. The van der Waals surface area contributed by atoms with Gasteiger partial charge in [-0.3, -0.25) is 4.79 Å². The molecule has 0 bridgehead atoms. The molecule has 4 N–H and O–H groups in total. The Morgan fingerprint density at radius 3 is 2.67 bits per heavy atom. The van der Waals surface area contributed by atoms with Crippen molar-refractivity contribution in [2.24, 2.45) is 5.73 Å². The maximum Gasteiger partial charge on any atom is 0.326 e. The van der Waals surface area contributed by atoms with Crippen molar-refractivity contribution in [2.75, 3.05) is 6.67 Å². The molecule has 0 spiro atoms. The summed E-state index contributed by atoms with van der Waals surface area (Å²) in [7, 11) is 0. The monoisotopic (exact) mass is 213 g/mol. The van der Waals surface area contributed by atoms with E-state index in [2.05, 4.69) is 0 Å². The van der Waals surface area contributed by atoms with Crippen LogP contribution in [0.3, 0.4) is 0 Å². The van der Waals surface area contributed by atoms with Gasteiger partial charge < -0.3 is 15.9 Å². The summed E-state index contributed by atoms with van der Waals surface area (Å²) in [6, 6.07) is 5.93. The van der Waals surface area contributed by atoms with Crippen LogP contribution >= 0.6 is 0 Å². The van der Waals surface area contributed by atoms with Gasteiger partial charge in [0.15, 0.2) is 0 Å². The van der Waals surface area contributed by atoms with Gasteiger partial charge in [0.05, 0.1) is 0 Å². The number of halogens is 1.